The fraction of sp³-hybridized carbons (Fsp3) is 0.526. The number of carboxylic acids is 1. The Morgan fingerprint density at radius 2 is 1.74 bits per heavy atom. The molecular formula is C19H30O4. The van der Waals surface area contributed by atoms with Gasteiger partial charge in [-0.05, 0) is 19.3 Å². The second-order valence-corrected chi connectivity index (χ2v) is 5.20. The molecule has 1 atom stereocenters. The van der Waals surface area contributed by atoms with Crippen molar-refractivity contribution in [3.05, 3.63) is 48.6 Å². The zero-order chi connectivity index (χ0) is 17.2. The molecule has 0 radical (unpaired) electrons. The van der Waals surface area contributed by atoms with E-state index in [0.717, 1.165) is 25.7 Å². The van der Waals surface area contributed by atoms with Crippen LogP contribution in [0.2, 0.25) is 0 Å². The van der Waals surface area contributed by atoms with E-state index in [1.807, 2.05) is 42.5 Å². The Bertz CT molecular complexity index is 394. The number of unbranched alkanes of at least 4 members (excludes halogenated alkanes) is 2. The van der Waals surface area contributed by atoms with E-state index in [-0.39, 0.29) is 12.7 Å². The lowest BCUT2D eigenvalue weighted by molar-refractivity contribution is -0.141. The smallest absolute Gasteiger partial charge is 0.329 e. The molecule has 0 aliphatic rings. The Morgan fingerprint density at radius 3 is 2.43 bits per heavy atom. The summed E-state index contributed by atoms with van der Waals surface area (Å²) in [6.07, 6.45) is 21.1. The molecule has 23 heavy (non-hydrogen) atoms. The van der Waals surface area contributed by atoms with Crippen LogP contribution in [0.5, 0.6) is 0 Å². The fourth-order valence-corrected chi connectivity index (χ4v) is 1.78. The van der Waals surface area contributed by atoms with Crippen molar-refractivity contribution in [2.75, 3.05) is 13.2 Å². The lowest BCUT2D eigenvalue weighted by Gasteiger charge is -2.02. The summed E-state index contributed by atoms with van der Waals surface area (Å²) in [7, 11) is 0. The van der Waals surface area contributed by atoms with E-state index in [0.29, 0.717) is 6.61 Å². The summed E-state index contributed by atoms with van der Waals surface area (Å²) in [5, 5.41) is 18.1. The molecule has 0 amide bonds. The van der Waals surface area contributed by atoms with Crippen molar-refractivity contribution in [1.29, 1.82) is 0 Å². The second-order valence-electron chi connectivity index (χ2n) is 5.20. The lowest BCUT2D eigenvalue weighted by atomic mass is 10.1. The second kappa shape index (κ2) is 16.7. The van der Waals surface area contributed by atoms with Crippen LogP contribution in [-0.2, 0) is 9.53 Å². The molecule has 1 unspecified atom stereocenters. The molecule has 0 saturated heterocycles. The molecule has 0 heterocycles. The quantitative estimate of drug-likeness (QED) is 0.288. The van der Waals surface area contributed by atoms with Gasteiger partial charge in [0.05, 0.1) is 12.7 Å². The van der Waals surface area contributed by atoms with Gasteiger partial charge in [-0.25, -0.2) is 4.79 Å². The first-order valence-electron chi connectivity index (χ1n) is 8.27. The lowest BCUT2D eigenvalue weighted by Crippen LogP contribution is -2.06. The van der Waals surface area contributed by atoms with Gasteiger partial charge < -0.3 is 14.9 Å². The summed E-state index contributed by atoms with van der Waals surface area (Å²) in [5.41, 5.74) is 0. The standard InChI is InChI=1S/C19H30O4/c1-2-3-11-14-18(20)15-12-9-7-5-4-6-8-10-13-16-23-17-19(21)22/h4,6-7,9-10,12-13,15,18,20H,2-3,5,8,11,14,16-17H2,1H3,(H,21,22). The molecule has 0 aromatic rings. The predicted octanol–water partition coefficient (Wildman–Crippen LogP) is 4.03. The predicted molar refractivity (Wildman–Crippen MR) is 94.4 cm³/mol. The molecule has 0 aliphatic carbocycles. The van der Waals surface area contributed by atoms with Crippen LogP contribution in [0.3, 0.4) is 0 Å². The molecular weight excluding hydrogens is 292 g/mol. The van der Waals surface area contributed by atoms with Gasteiger partial charge in [0, 0.05) is 0 Å². The normalized spacial score (nSPS) is 13.8. The van der Waals surface area contributed by atoms with Crippen molar-refractivity contribution < 1.29 is 19.7 Å². The van der Waals surface area contributed by atoms with Crippen molar-refractivity contribution in [2.24, 2.45) is 0 Å². The van der Waals surface area contributed by atoms with Crippen LogP contribution < -0.4 is 0 Å². The minimum atomic E-state index is -0.951. The number of aliphatic carboxylic acids is 1. The number of ether oxygens (including phenoxy) is 1. The van der Waals surface area contributed by atoms with Crippen LogP contribution in [0.15, 0.2) is 48.6 Å². The molecule has 0 bridgehead atoms. The molecule has 0 rings (SSSR count). The minimum Gasteiger partial charge on any atom is -0.480 e. The van der Waals surface area contributed by atoms with Crippen molar-refractivity contribution >= 4 is 5.97 Å². The molecule has 0 aromatic carbocycles. The number of allylic oxidation sites excluding steroid dienone is 6. The number of hydrogen-bond acceptors (Lipinski definition) is 3. The monoisotopic (exact) mass is 322 g/mol. The van der Waals surface area contributed by atoms with Crippen LogP contribution >= 0.6 is 0 Å². The maximum Gasteiger partial charge on any atom is 0.329 e. The maximum atomic E-state index is 10.2. The highest BCUT2D eigenvalue weighted by atomic mass is 16.5. The van der Waals surface area contributed by atoms with Gasteiger partial charge in [0.25, 0.3) is 0 Å². The molecule has 0 spiro atoms. The molecule has 0 aromatic heterocycles. The van der Waals surface area contributed by atoms with Gasteiger partial charge in [-0.2, -0.15) is 0 Å². The van der Waals surface area contributed by atoms with Gasteiger partial charge >= 0.3 is 5.97 Å². The Kier molecular flexibility index (Phi) is 15.5. The fourth-order valence-electron chi connectivity index (χ4n) is 1.78. The van der Waals surface area contributed by atoms with Crippen molar-refractivity contribution in [2.45, 2.75) is 51.6 Å². The topological polar surface area (TPSA) is 66.8 Å². The van der Waals surface area contributed by atoms with E-state index in [9.17, 15) is 9.90 Å². The third-order valence-corrected chi connectivity index (χ3v) is 3.00. The Balaban J connectivity index is 3.57. The van der Waals surface area contributed by atoms with Gasteiger partial charge in [0.1, 0.15) is 6.61 Å². The number of carboxylic acid groups (broad SMARTS) is 1. The summed E-state index contributed by atoms with van der Waals surface area (Å²) in [5.74, 6) is -0.951. The van der Waals surface area contributed by atoms with E-state index >= 15 is 0 Å². The summed E-state index contributed by atoms with van der Waals surface area (Å²) in [4.78, 5) is 10.2. The number of hydrogen-bond donors (Lipinski definition) is 2. The molecule has 0 fully saturated rings. The first kappa shape index (κ1) is 21.4. The zero-order valence-corrected chi connectivity index (χ0v) is 14.1. The van der Waals surface area contributed by atoms with E-state index in [2.05, 4.69) is 13.0 Å². The molecule has 0 saturated carbocycles. The van der Waals surface area contributed by atoms with Crippen LogP contribution in [0.4, 0.5) is 0 Å². The van der Waals surface area contributed by atoms with Crippen molar-refractivity contribution in [3.8, 4) is 0 Å². The van der Waals surface area contributed by atoms with Crippen LogP contribution in [-0.4, -0.2) is 35.5 Å². The van der Waals surface area contributed by atoms with E-state index in [1.54, 1.807) is 0 Å². The number of carbonyl (C=O) groups is 1. The van der Waals surface area contributed by atoms with E-state index < -0.39 is 5.97 Å². The van der Waals surface area contributed by atoms with E-state index in [4.69, 9.17) is 9.84 Å². The first-order valence-corrected chi connectivity index (χ1v) is 8.27. The number of aliphatic hydroxyl groups excluding tert-OH is 1. The van der Waals surface area contributed by atoms with Gasteiger partial charge in [-0.1, -0.05) is 74.8 Å². The average molecular weight is 322 g/mol. The number of aliphatic hydroxyl groups is 1. The summed E-state index contributed by atoms with van der Waals surface area (Å²) in [6, 6.07) is 0. The average Bonchev–Trinajstić information content (AvgIpc) is 2.51. The van der Waals surface area contributed by atoms with Crippen LogP contribution in [0, 0.1) is 0 Å². The van der Waals surface area contributed by atoms with Gasteiger partial charge in [0.15, 0.2) is 0 Å². The van der Waals surface area contributed by atoms with E-state index in [1.165, 1.54) is 12.8 Å². The Hall–Kier alpha value is -1.65. The van der Waals surface area contributed by atoms with Crippen molar-refractivity contribution in [1.82, 2.24) is 0 Å². The third kappa shape index (κ3) is 18.3. The van der Waals surface area contributed by atoms with Gasteiger partial charge in [0.2, 0.25) is 0 Å². The summed E-state index contributed by atoms with van der Waals surface area (Å²) >= 11 is 0. The molecule has 4 nitrogen and oxygen atoms in total. The molecule has 130 valence electrons. The van der Waals surface area contributed by atoms with Gasteiger partial charge in [-0.15, -0.1) is 0 Å². The van der Waals surface area contributed by atoms with Crippen molar-refractivity contribution in [3.63, 3.8) is 0 Å². The molecule has 2 N–H and O–H groups in total. The highest BCUT2D eigenvalue weighted by Gasteiger charge is 1.96. The first-order chi connectivity index (χ1) is 11.2. The maximum absolute atomic E-state index is 10.2. The highest BCUT2D eigenvalue weighted by molar-refractivity contribution is 5.67. The van der Waals surface area contributed by atoms with Crippen LogP contribution in [0.1, 0.15) is 45.4 Å². The zero-order valence-electron chi connectivity index (χ0n) is 14.1. The van der Waals surface area contributed by atoms with Crippen LogP contribution in [0.25, 0.3) is 0 Å². The minimum absolute atomic E-state index is 0.258. The number of rotatable bonds is 14. The summed E-state index contributed by atoms with van der Waals surface area (Å²) < 4.78 is 4.87. The Morgan fingerprint density at radius 1 is 1.04 bits per heavy atom. The highest BCUT2D eigenvalue weighted by Crippen LogP contribution is 2.04. The largest absolute Gasteiger partial charge is 0.480 e. The molecule has 4 heteroatoms. The molecule has 0 aliphatic heterocycles. The SMILES string of the molecule is CCCCCC(O)C=CC=CCC=CCC=CCOCC(=O)O. The third-order valence-electron chi connectivity index (χ3n) is 3.00. The van der Waals surface area contributed by atoms with Gasteiger partial charge in [-0.3, -0.25) is 0 Å². The summed E-state index contributed by atoms with van der Waals surface area (Å²) in [6.45, 7) is 2.22. The Labute approximate surface area is 139 Å².